The number of ether oxygens (including phenoxy) is 4. The molecule has 96 heavy (non-hydrogen) atoms. The lowest BCUT2D eigenvalue weighted by atomic mass is 10.0. The van der Waals surface area contributed by atoms with Gasteiger partial charge in [-0.3, -0.25) is 37.3 Å². The highest BCUT2D eigenvalue weighted by atomic mass is 31.2. The minimum Gasteiger partial charge on any atom is -0.462 e. The summed E-state index contributed by atoms with van der Waals surface area (Å²) < 4.78 is 68.6. The summed E-state index contributed by atoms with van der Waals surface area (Å²) in [7, 11) is -9.91. The molecule has 0 aliphatic carbocycles. The Morgan fingerprint density at radius 3 is 0.708 bits per heavy atom. The number of esters is 4. The molecule has 0 aromatic rings. The van der Waals surface area contributed by atoms with E-state index in [9.17, 15) is 43.2 Å². The van der Waals surface area contributed by atoms with Crippen molar-refractivity contribution >= 4 is 39.5 Å². The predicted octanol–water partition coefficient (Wildman–Crippen LogP) is 22.7. The first-order chi connectivity index (χ1) is 46.4. The van der Waals surface area contributed by atoms with Gasteiger partial charge in [-0.1, -0.05) is 350 Å². The summed E-state index contributed by atoms with van der Waals surface area (Å²) in [5, 5.41) is 10.6. The van der Waals surface area contributed by atoms with Crippen LogP contribution in [-0.4, -0.2) is 96.7 Å². The Morgan fingerprint density at radius 1 is 0.281 bits per heavy atom. The highest BCUT2D eigenvalue weighted by molar-refractivity contribution is 7.47. The molecule has 0 fully saturated rings. The van der Waals surface area contributed by atoms with Crippen molar-refractivity contribution in [1.82, 2.24) is 0 Å². The molecular weight excluding hydrogens is 1260 g/mol. The molecular formula is C77H150O17P2. The van der Waals surface area contributed by atoms with Gasteiger partial charge in [0.05, 0.1) is 26.4 Å². The van der Waals surface area contributed by atoms with Crippen molar-refractivity contribution in [1.29, 1.82) is 0 Å². The van der Waals surface area contributed by atoms with Crippen molar-refractivity contribution in [2.24, 2.45) is 11.8 Å². The maximum absolute atomic E-state index is 13.1. The summed E-state index contributed by atoms with van der Waals surface area (Å²) in [6.07, 6.45) is 56.8. The highest BCUT2D eigenvalue weighted by Gasteiger charge is 2.30. The number of phosphoric acid groups is 2. The van der Waals surface area contributed by atoms with Crippen LogP contribution in [0, 0.1) is 11.8 Å². The molecule has 17 nitrogen and oxygen atoms in total. The number of hydrogen-bond donors (Lipinski definition) is 3. The minimum absolute atomic E-state index is 0.107. The fraction of sp³-hybridized carbons (Fsp3) is 0.948. The third-order valence-electron chi connectivity index (χ3n) is 18.0. The summed E-state index contributed by atoms with van der Waals surface area (Å²) in [6, 6.07) is 0. The summed E-state index contributed by atoms with van der Waals surface area (Å²) in [4.78, 5) is 72.9. The zero-order valence-electron chi connectivity index (χ0n) is 62.7. The van der Waals surface area contributed by atoms with Crippen molar-refractivity contribution < 1.29 is 80.2 Å². The molecule has 2 unspecified atom stereocenters. The van der Waals surface area contributed by atoms with Crippen LogP contribution in [0.2, 0.25) is 0 Å². The highest BCUT2D eigenvalue weighted by Crippen LogP contribution is 2.45. The van der Waals surface area contributed by atoms with Gasteiger partial charge in [-0.2, -0.15) is 0 Å². The zero-order valence-corrected chi connectivity index (χ0v) is 64.5. The molecule has 0 saturated heterocycles. The van der Waals surface area contributed by atoms with E-state index in [-0.39, 0.29) is 25.7 Å². The van der Waals surface area contributed by atoms with Gasteiger partial charge >= 0.3 is 39.5 Å². The normalized spacial score (nSPS) is 14.0. The van der Waals surface area contributed by atoms with E-state index in [1.807, 2.05) is 0 Å². The molecule has 0 rings (SSSR count). The number of carbonyl (C=O) groups excluding carboxylic acids is 4. The Bertz CT molecular complexity index is 1860. The van der Waals surface area contributed by atoms with E-state index >= 15 is 0 Å². The Labute approximate surface area is 588 Å². The van der Waals surface area contributed by atoms with E-state index in [1.165, 1.54) is 218 Å². The van der Waals surface area contributed by atoms with Crippen molar-refractivity contribution in [3.8, 4) is 0 Å². The van der Waals surface area contributed by atoms with Crippen molar-refractivity contribution in [3.63, 3.8) is 0 Å². The summed E-state index contributed by atoms with van der Waals surface area (Å²) >= 11 is 0. The Kier molecular flexibility index (Phi) is 67.4. The molecule has 0 amide bonds. The molecule has 0 saturated carbocycles. The molecule has 19 heteroatoms. The average molecular weight is 1410 g/mol. The van der Waals surface area contributed by atoms with E-state index < -0.39 is 97.5 Å². The molecule has 0 aromatic heterocycles. The van der Waals surface area contributed by atoms with Gasteiger partial charge in [-0.15, -0.1) is 0 Å². The molecule has 3 N–H and O–H groups in total. The molecule has 0 bridgehead atoms. The van der Waals surface area contributed by atoms with Gasteiger partial charge in [0.25, 0.3) is 0 Å². The van der Waals surface area contributed by atoms with Gasteiger partial charge in [0.1, 0.15) is 19.3 Å². The second-order valence-corrected chi connectivity index (χ2v) is 31.6. The lowest BCUT2D eigenvalue weighted by molar-refractivity contribution is -0.161. The molecule has 0 heterocycles. The van der Waals surface area contributed by atoms with Gasteiger partial charge in [-0.05, 0) is 37.5 Å². The van der Waals surface area contributed by atoms with E-state index in [0.29, 0.717) is 25.7 Å². The average Bonchev–Trinajstić information content (AvgIpc) is 1.18. The number of aliphatic hydroxyl groups is 1. The molecule has 0 spiro atoms. The van der Waals surface area contributed by atoms with Gasteiger partial charge < -0.3 is 33.8 Å². The Morgan fingerprint density at radius 2 is 0.479 bits per heavy atom. The van der Waals surface area contributed by atoms with E-state index in [1.54, 1.807) is 0 Å². The third kappa shape index (κ3) is 70.5. The third-order valence-corrected chi connectivity index (χ3v) is 19.9. The lowest BCUT2D eigenvalue weighted by Gasteiger charge is -2.21. The Hall–Kier alpha value is -1.94. The second-order valence-electron chi connectivity index (χ2n) is 28.7. The SMILES string of the molecule is CCCCCCCCCCCCCCCCCCC(=O)OC[C@H](COP(=O)(O)OC[C@@H](O)COP(=O)(O)OC[C@@H](COC(=O)CCCCCCCCCCC(C)C)OC(=O)CCCCCCCCCCCCCCC)OC(=O)CCCCCCCCCCCCCCCC(C)C. The van der Waals surface area contributed by atoms with Gasteiger partial charge in [0, 0.05) is 25.7 Å². The van der Waals surface area contributed by atoms with Gasteiger partial charge in [-0.25, -0.2) is 9.13 Å². The predicted molar refractivity (Wildman–Crippen MR) is 391 cm³/mol. The first-order valence-corrected chi connectivity index (χ1v) is 43.0. The largest absolute Gasteiger partial charge is 0.472 e. The van der Waals surface area contributed by atoms with E-state index in [2.05, 4.69) is 41.5 Å². The van der Waals surface area contributed by atoms with Crippen LogP contribution < -0.4 is 0 Å². The molecule has 5 atom stereocenters. The number of carbonyl (C=O) groups is 4. The Balaban J connectivity index is 5.26. The van der Waals surface area contributed by atoms with E-state index in [4.69, 9.17) is 37.0 Å². The van der Waals surface area contributed by atoms with Crippen LogP contribution in [0.5, 0.6) is 0 Å². The number of aliphatic hydroxyl groups excluding tert-OH is 1. The number of phosphoric ester groups is 2. The maximum atomic E-state index is 13.1. The van der Waals surface area contributed by atoms with Crippen molar-refractivity contribution in [2.45, 2.75) is 419 Å². The standard InChI is InChI=1S/C77H150O17P2/c1-7-9-11-13-15-17-19-21-22-23-27-30-34-41-47-53-59-74(79)87-65-72(93-77(82)62-56-50-44-36-32-28-24-26-29-33-39-45-51-57-69(3)4)67-91-95(83,84)89-63-71(78)64-90-96(85,86)92-68-73(66-88-75(80)60-54-48-42-38-37-40-46-52-58-70(5)6)94-76(81)61-55-49-43-35-31-25-20-18-16-14-12-10-8-2/h69-73,78H,7-68H2,1-6H3,(H,83,84)(H,85,86)/t71-,72-,73-/m1/s1. The summed E-state index contributed by atoms with van der Waals surface area (Å²) in [5.41, 5.74) is 0. The smallest absolute Gasteiger partial charge is 0.462 e. The lowest BCUT2D eigenvalue weighted by Crippen LogP contribution is -2.30. The fourth-order valence-corrected chi connectivity index (χ4v) is 13.4. The van der Waals surface area contributed by atoms with Gasteiger partial charge in [0.15, 0.2) is 12.2 Å². The van der Waals surface area contributed by atoms with Gasteiger partial charge in [0.2, 0.25) is 0 Å². The molecule has 0 radical (unpaired) electrons. The van der Waals surface area contributed by atoms with E-state index in [0.717, 1.165) is 102 Å². The van der Waals surface area contributed by atoms with Crippen LogP contribution in [0.4, 0.5) is 0 Å². The zero-order chi connectivity index (χ0) is 70.7. The van der Waals surface area contributed by atoms with Crippen molar-refractivity contribution in [2.75, 3.05) is 39.6 Å². The monoisotopic (exact) mass is 1410 g/mol. The van der Waals surface area contributed by atoms with Crippen LogP contribution in [0.1, 0.15) is 401 Å². The molecule has 0 aliphatic rings. The summed E-state index contributed by atoms with van der Waals surface area (Å²) in [6.45, 7) is 9.59. The van der Waals surface area contributed by atoms with Crippen LogP contribution in [0.3, 0.4) is 0 Å². The van der Waals surface area contributed by atoms with Crippen molar-refractivity contribution in [3.05, 3.63) is 0 Å². The topological polar surface area (TPSA) is 237 Å². The minimum atomic E-state index is -4.96. The second kappa shape index (κ2) is 68.8. The number of unbranched alkanes of at least 4 members (excludes halogenated alkanes) is 46. The van der Waals surface area contributed by atoms with Crippen LogP contribution in [-0.2, 0) is 65.4 Å². The fourth-order valence-electron chi connectivity index (χ4n) is 11.8. The van der Waals surface area contributed by atoms with Crippen LogP contribution >= 0.6 is 15.6 Å². The number of hydrogen-bond acceptors (Lipinski definition) is 15. The first-order valence-electron chi connectivity index (χ1n) is 40.0. The quantitative estimate of drug-likeness (QED) is 0.0222. The summed E-state index contributed by atoms with van der Waals surface area (Å²) in [5.74, 6) is -0.599. The molecule has 570 valence electrons. The number of rotatable bonds is 76. The molecule has 0 aromatic carbocycles. The first kappa shape index (κ1) is 94.1. The molecule has 0 aliphatic heterocycles. The maximum Gasteiger partial charge on any atom is 0.472 e. The van der Waals surface area contributed by atoms with Crippen LogP contribution in [0.25, 0.3) is 0 Å². The van der Waals surface area contributed by atoms with Crippen LogP contribution in [0.15, 0.2) is 0 Å².